The number of halogens is 3. The fourth-order valence-corrected chi connectivity index (χ4v) is 5.46. The number of hydrogen-bond donors (Lipinski definition) is 1. The first-order valence-corrected chi connectivity index (χ1v) is 13.9. The Kier molecular flexibility index (Phi) is 8.63. The number of likely N-dealkylation sites (tertiary alicyclic amines) is 1. The minimum Gasteiger partial charge on any atom is -0.493 e. The second-order valence-corrected chi connectivity index (χ2v) is 10.5. The lowest BCUT2D eigenvalue weighted by Gasteiger charge is -2.30. The molecule has 4 aromatic rings. The molecule has 42 heavy (non-hydrogen) atoms. The molecule has 7 nitrogen and oxygen atoms in total. The highest BCUT2D eigenvalue weighted by Crippen LogP contribution is 2.37. The number of aromatic nitrogens is 2. The maximum Gasteiger partial charge on any atom is 0.416 e. The van der Waals surface area contributed by atoms with Crippen LogP contribution in [0.2, 0.25) is 0 Å². The van der Waals surface area contributed by atoms with Gasteiger partial charge in [0.2, 0.25) is 5.91 Å². The second-order valence-electron chi connectivity index (χ2n) is 10.5. The van der Waals surface area contributed by atoms with Crippen molar-refractivity contribution in [2.45, 2.75) is 31.9 Å². The Morgan fingerprint density at radius 2 is 1.64 bits per heavy atom. The monoisotopic (exact) mass is 578 g/mol. The third-order valence-corrected chi connectivity index (χ3v) is 7.92. The number of primary amides is 1. The van der Waals surface area contributed by atoms with Gasteiger partial charge in [0.15, 0.2) is 11.5 Å². The first-order chi connectivity index (χ1) is 20.2. The molecule has 1 aliphatic heterocycles. The molecule has 1 saturated heterocycles. The van der Waals surface area contributed by atoms with Crippen LogP contribution in [0.4, 0.5) is 13.2 Å². The summed E-state index contributed by atoms with van der Waals surface area (Å²) in [6, 6.07) is 15.3. The molecule has 1 fully saturated rings. The van der Waals surface area contributed by atoms with E-state index in [0.717, 1.165) is 55.6 Å². The van der Waals surface area contributed by atoms with E-state index in [4.69, 9.17) is 15.2 Å². The Bertz CT molecular complexity index is 1530. The minimum atomic E-state index is -4.47. The van der Waals surface area contributed by atoms with Gasteiger partial charge in [0, 0.05) is 17.0 Å². The van der Waals surface area contributed by atoms with Crippen LogP contribution in [0.3, 0.4) is 0 Å². The third kappa shape index (κ3) is 6.33. The zero-order chi connectivity index (χ0) is 29.9. The molecule has 1 aromatic heterocycles. The molecule has 1 amide bonds. The van der Waals surface area contributed by atoms with Crippen LogP contribution in [0.25, 0.3) is 22.2 Å². The summed E-state index contributed by atoms with van der Waals surface area (Å²) in [5, 5.41) is 0.774. The van der Waals surface area contributed by atoms with Crippen molar-refractivity contribution in [2.24, 2.45) is 11.7 Å². The van der Waals surface area contributed by atoms with Crippen molar-refractivity contribution in [3.8, 4) is 22.8 Å². The molecule has 2 N–H and O–H groups in total. The van der Waals surface area contributed by atoms with Crippen molar-refractivity contribution in [3.05, 3.63) is 83.7 Å². The van der Waals surface area contributed by atoms with Crippen LogP contribution in [0, 0.1) is 5.92 Å². The summed E-state index contributed by atoms with van der Waals surface area (Å²) in [7, 11) is 1.60. The summed E-state index contributed by atoms with van der Waals surface area (Å²) in [4.78, 5) is 23.8. The number of carbonyl (C=O) groups is 1. The van der Waals surface area contributed by atoms with E-state index in [0.29, 0.717) is 46.4 Å². The molecule has 3 aromatic carbocycles. The van der Waals surface area contributed by atoms with E-state index in [1.807, 2.05) is 24.3 Å². The summed E-state index contributed by atoms with van der Waals surface area (Å²) >= 11 is 0. The zero-order valence-corrected chi connectivity index (χ0v) is 23.5. The van der Waals surface area contributed by atoms with Crippen molar-refractivity contribution < 1.29 is 27.4 Å². The second kappa shape index (κ2) is 12.4. The van der Waals surface area contributed by atoms with Gasteiger partial charge in [-0.25, -0.2) is 9.97 Å². The van der Waals surface area contributed by atoms with E-state index in [1.54, 1.807) is 19.2 Å². The van der Waals surface area contributed by atoms with E-state index >= 15 is 0 Å². The average Bonchev–Trinajstić information content (AvgIpc) is 2.99. The Labute approximate surface area is 242 Å². The maximum absolute atomic E-state index is 13.0. The first kappa shape index (κ1) is 29.3. The highest BCUT2D eigenvalue weighted by Gasteiger charge is 2.31. The summed E-state index contributed by atoms with van der Waals surface area (Å²) in [6.07, 6.45) is -0.821. The summed E-state index contributed by atoms with van der Waals surface area (Å²) in [6.45, 7) is 5.98. The standard InChI is InChI=1S/C32H33F3N4O3/c1-3-39-14-12-20(13-15-39)18-42-28-16-25-26(17-27(28)41-2)37-19-38-30(25)23-6-4-21(5-7-23)29(31(36)40)22-8-10-24(11-9-22)32(33,34)35/h4-11,16-17,19-20,29H,3,12-15,18H2,1-2H3,(H2,36,40). The fourth-order valence-electron chi connectivity index (χ4n) is 5.46. The van der Waals surface area contributed by atoms with Crippen molar-refractivity contribution in [3.63, 3.8) is 0 Å². The zero-order valence-electron chi connectivity index (χ0n) is 23.5. The molecule has 220 valence electrons. The number of nitrogens with two attached hydrogens (primary N) is 1. The molecule has 10 heteroatoms. The van der Waals surface area contributed by atoms with Gasteiger partial charge in [-0.15, -0.1) is 0 Å². The van der Waals surface area contributed by atoms with Gasteiger partial charge in [0.25, 0.3) is 0 Å². The number of amides is 1. The molecule has 0 saturated carbocycles. The van der Waals surface area contributed by atoms with Crippen molar-refractivity contribution in [1.29, 1.82) is 0 Å². The van der Waals surface area contributed by atoms with Crippen LogP contribution in [-0.4, -0.2) is 54.1 Å². The fraction of sp³-hybridized carbons (Fsp3) is 0.344. The molecule has 0 radical (unpaired) electrons. The first-order valence-electron chi connectivity index (χ1n) is 13.9. The van der Waals surface area contributed by atoms with Crippen LogP contribution < -0.4 is 15.2 Å². The lowest BCUT2D eigenvalue weighted by Crippen LogP contribution is -2.35. The number of fused-ring (bicyclic) bond motifs is 1. The van der Waals surface area contributed by atoms with Crippen molar-refractivity contribution in [1.82, 2.24) is 14.9 Å². The van der Waals surface area contributed by atoms with Gasteiger partial charge in [-0.05, 0) is 67.7 Å². The summed E-state index contributed by atoms with van der Waals surface area (Å²) in [5.41, 5.74) is 7.95. The molecule has 1 unspecified atom stereocenters. The number of methoxy groups -OCH3 is 1. The summed E-state index contributed by atoms with van der Waals surface area (Å²) in [5.74, 6) is 0.109. The molecule has 0 spiro atoms. The number of benzene rings is 3. The van der Waals surface area contributed by atoms with Gasteiger partial charge in [-0.1, -0.05) is 43.3 Å². The van der Waals surface area contributed by atoms with E-state index in [-0.39, 0.29) is 0 Å². The smallest absolute Gasteiger partial charge is 0.416 e. The van der Waals surface area contributed by atoms with Crippen LogP contribution >= 0.6 is 0 Å². The van der Waals surface area contributed by atoms with Gasteiger partial charge in [-0.2, -0.15) is 13.2 Å². The molecule has 0 bridgehead atoms. The molecule has 2 heterocycles. The molecular weight excluding hydrogens is 545 g/mol. The number of hydrogen-bond acceptors (Lipinski definition) is 6. The number of nitrogens with zero attached hydrogens (tertiary/aromatic N) is 3. The number of carbonyl (C=O) groups excluding carboxylic acids is 1. The lowest BCUT2D eigenvalue weighted by atomic mass is 9.89. The highest BCUT2D eigenvalue weighted by molar-refractivity contribution is 5.94. The van der Waals surface area contributed by atoms with Crippen molar-refractivity contribution >= 4 is 16.8 Å². The van der Waals surface area contributed by atoms with Gasteiger partial charge in [0.1, 0.15) is 6.33 Å². The SMILES string of the molecule is CCN1CCC(COc2cc3c(-c4ccc(C(C(N)=O)c5ccc(C(F)(F)F)cc5)cc4)ncnc3cc2OC)CC1. The average molecular weight is 579 g/mol. The Morgan fingerprint density at radius 3 is 2.21 bits per heavy atom. The topological polar surface area (TPSA) is 90.6 Å². The lowest BCUT2D eigenvalue weighted by molar-refractivity contribution is -0.137. The number of ether oxygens (including phenoxy) is 2. The molecule has 1 atom stereocenters. The quantitative estimate of drug-likeness (QED) is 0.260. The molecule has 1 aliphatic rings. The number of alkyl halides is 3. The predicted octanol–water partition coefficient (Wildman–Crippen LogP) is 6.05. The van der Waals surface area contributed by atoms with E-state index in [2.05, 4.69) is 21.8 Å². The van der Waals surface area contributed by atoms with Gasteiger partial charge < -0.3 is 20.1 Å². The summed E-state index contributed by atoms with van der Waals surface area (Å²) < 4.78 is 50.9. The number of piperidine rings is 1. The largest absolute Gasteiger partial charge is 0.493 e. The molecule has 5 rings (SSSR count). The van der Waals surface area contributed by atoms with E-state index in [9.17, 15) is 18.0 Å². The van der Waals surface area contributed by atoms with Gasteiger partial charge in [-0.3, -0.25) is 4.79 Å². The van der Waals surface area contributed by atoms with Crippen LogP contribution in [0.15, 0.2) is 67.0 Å². The normalized spacial score (nSPS) is 15.5. The minimum absolute atomic E-state index is 0.380. The third-order valence-electron chi connectivity index (χ3n) is 7.92. The predicted molar refractivity (Wildman–Crippen MR) is 154 cm³/mol. The van der Waals surface area contributed by atoms with Gasteiger partial charge in [0.05, 0.1) is 36.4 Å². The van der Waals surface area contributed by atoms with Gasteiger partial charge >= 0.3 is 6.18 Å². The van der Waals surface area contributed by atoms with Crippen LogP contribution in [0.5, 0.6) is 11.5 Å². The Morgan fingerprint density at radius 1 is 1.00 bits per heavy atom. The van der Waals surface area contributed by atoms with Crippen LogP contribution in [-0.2, 0) is 11.0 Å². The van der Waals surface area contributed by atoms with E-state index < -0.39 is 23.6 Å². The number of rotatable bonds is 9. The molecular formula is C32H33F3N4O3. The molecule has 0 aliphatic carbocycles. The van der Waals surface area contributed by atoms with Crippen molar-refractivity contribution in [2.75, 3.05) is 33.4 Å². The van der Waals surface area contributed by atoms with Crippen LogP contribution in [0.1, 0.15) is 42.4 Å². The maximum atomic E-state index is 13.0. The Hall–Kier alpha value is -4.18. The van der Waals surface area contributed by atoms with E-state index in [1.165, 1.54) is 18.5 Å². The highest BCUT2D eigenvalue weighted by atomic mass is 19.4. The Balaban J connectivity index is 1.41.